The molecule has 0 aliphatic rings. The number of benzene rings is 1. The quantitative estimate of drug-likeness (QED) is 0.775. The first-order chi connectivity index (χ1) is 10.7. The topological polar surface area (TPSA) is 68.5 Å². The van der Waals surface area contributed by atoms with E-state index in [1.807, 2.05) is 28.8 Å². The lowest BCUT2D eigenvalue weighted by Crippen LogP contribution is -2.24. The number of pyridine rings is 1. The molecule has 22 heavy (non-hydrogen) atoms. The van der Waals surface area contributed by atoms with Crippen molar-refractivity contribution in [1.29, 1.82) is 0 Å². The Labute approximate surface area is 135 Å². The fourth-order valence-electron chi connectivity index (χ4n) is 2.07. The van der Waals surface area contributed by atoms with Gasteiger partial charge in [-0.25, -0.2) is 0 Å². The molecule has 0 unspecified atom stereocenters. The van der Waals surface area contributed by atoms with Gasteiger partial charge < -0.3 is 10.1 Å². The molecule has 1 aromatic carbocycles. The van der Waals surface area contributed by atoms with E-state index in [1.54, 1.807) is 25.3 Å². The van der Waals surface area contributed by atoms with Crippen LogP contribution >= 0.6 is 15.9 Å². The number of fused-ring (bicyclic) bond motifs is 1. The Morgan fingerprint density at radius 2 is 2.18 bits per heavy atom. The lowest BCUT2D eigenvalue weighted by molar-refractivity contribution is 0.0948. The number of nitrogens with zero attached hydrogens (tertiary/aromatic N) is 3. The van der Waals surface area contributed by atoms with E-state index in [9.17, 15) is 4.79 Å². The number of amides is 1. The first-order valence-electron chi connectivity index (χ1n) is 6.59. The van der Waals surface area contributed by atoms with E-state index in [0.717, 1.165) is 5.65 Å². The summed E-state index contributed by atoms with van der Waals surface area (Å²) in [5.41, 5.74) is 1.25. The molecule has 3 rings (SSSR count). The van der Waals surface area contributed by atoms with Gasteiger partial charge in [-0.15, -0.1) is 10.2 Å². The summed E-state index contributed by atoms with van der Waals surface area (Å²) in [4.78, 5) is 12.3. The summed E-state index contributed by atoms with van der Waals surface area (Å²) in [5.74, 6) is 1.09. The molecule has 0 atom stereocenters. The Bertz CT molecular complexity index is 831. The molecular weight excluding hydrogens is 348 g/mol. The van der Waals surface area contributed by atoms with E-state index < -0.39 is 0 Å². The molecule has 6 nitrogen and oxygen atoms in total. The van der Waals surface area contributed by atoms with Gasteiger partial charge in [0.05, 0.1) is 19.2 Å². The van der Waals surface area contributed by atoms with Gasteiger partial charge >= 0.3 is 0 Å². The van der Waals surface area contributed by atoms with E-state index in [0.29, 0.717) is 21.6 Å². The smallest absolute Gasteiger partial charge is 0.252 e. The molecule has 0 spiro atoms. The molecule has 3 aromatic rings. The van der Waals surface area contributed by atoms with Gasteiger partial charge in [0.25, 0.3) is 5.91 Å². The molecule has 0 saturated carbocycles. The molecule has 0 fully saturated rings. The van der Waals surface area contributed by atoms with Crippen molar-refractivity contribution in [1.82, 2.24) is 19.9 Å². The van der Waals surface area contributed by atoms with E-state index in [-0.39, 0.29) is 12.5 Å². The van der Waals surface area contributed by atoms with Crippen LogP contribution in [-0.4, -0.2) is 27.6 Å². The van der Waals surface area contributed by atoms with Crippen LogP contribution in [-0.2, 0) is 6.54 Å². The molecule has 0 bridgehead atoms. The number of ether oxygens (including phenoxy) is 1. The van der Waals surface area contributed by atoms with Crippen LogP contribution in [0.25, 0.3) is 5.65 Å². The maximum Gasteiger partial charge on any atom is 0.252 e. The normalized spacial score (nSPS) is 10.6. The predicted octanol–water partition coefficient (Wildman–Crippen LogP) is 2.43. The van der Waals surface area contributed by atoms with Crippen LogP contribution in [0.1, 0.15) is 16.2 Å². The first kappa shape index (κ1) is 14.5. The Kier molecular flexibility index (Phi) is 4.06. The average molecular weight is 361 g/mol. The fourth-order valence-corrected chi connectivity index (χ4v) is 2.50. The van der Waals surface area contributed by atoms with Crippen molar-refractivity contribution in [3.8, 4) is 5.75 Å². The van der Waals surface area contributed by atoms with Crippen LogP contribution in [0.3, 0.4) is 0 Å². The van der Waals surface area contributed by atoms with Crippen LogP contribution in [0.15, 0.2) is 47.1 Å². The zero-order chi connectivity index (χ0) is 15.5. The zero-order valence-electron chi connectivity index (χ0n) is 11.8. The lowest BCUT2D eigenvalue weighted by Gasteiger charge is -2.08. The zero-order valence-corrected chi connectivity index (χ0v) is 13.4. The Morgan fingerprint density at radius 3 is 3.00 bits per heavy atom. The molecule has 112 valence electrons. The summed E-state index contributed by atoms with van der Waals surface area (Å²) >= 11 is 3.37. The molecule has 0 aliphatic carbocycles. The maximum atomic E-state index is 12.3. The van der Waals surface area contributed by atoms with Gasteiger partial charge in [-0.1, -0.05) is 6.07 Å². The van der Waals surface area contributed by atoms with Gasteiger partial charge in [0.2, 0.25) is 0 Å². The SMILES string of the molecule is COc1ccc(Br)c(C(=O)NCc2nnc3ccccn23)c1. The van der Waals surface area contributed by atoms with Crippen molar-refractivity contribution in [2.45, 2.75) is 6.54 Å². The van der Waals surface area contributed by atoms with Crippen LogP contribution in [0.5, 0.6) is 5.75 Å². The van der Waals surface area contributed by atoms with Crippen molar-refractivity contribution >= 4 is 27.5 Å². The number of nitrogens with one attached hydrogen (secondary N) is 1. The third-order valence-electron chi connectivity index (χ3n) is 3.21. The predicted molar refractivity (Wildman–Crippen MR) is 84.9 cm³/mol. The largest absolute Gasteiger partial charge is 0.497 e. The van der Waals surface area contributed by atoms with Gasteiger partial charge in [0, 0.05) is 10.7 Å². The Hall–Kier alpha value is -2.41. The van der Waals surface area contributed by atoms with Crippen LogP contribution in [0, 0.1) is 0 Å². The number of halogens is 1. The highest BCUT2D eigenvalue weighted by Gasteiger charge is 2.12. The second-order valence-electron chi connectivity index (χ2n) is 4.57. The van der Waals surface area contributed by atoms with E-state index in [4.69, 9.17) is 4.74 Å². The minimum Gasteiger partial charge on any atom is -0.497 e. The van der Waals surface area contributed by atoms with Gasteiger partial charge in [-0.2, -0.15) is 0 Å². The molecule has 1 N–H and O–H groups in total. The number of rotatable bonds is 4. The minimum absolute atomic E-state index is 0.210. The third-order valence-corrected chi connectivity index (χ3v) is 3.90. The number of hydrogen-bond donors (Lipinski definition) is 1. The average Bonchev–Trinajstić information content (AvgIpc) is 2.96. The summed E-state index contributed by atoms with van der Waals surface area (Å²) in [6, 6.07) is 10.9. The summed E-state index contributed by atoms with van der Waals surface area (Å²) < 4.78 is 7.68. The van der Waals surface area contributed by atoms with Crippen LogP contribution < -0.4 is 10.1 Å². The van der Waals surface area contributed by atoms with Gasteiger partial charge in [0.15, 0.2) is 11.5 Å². The van der Waals surface area contributed by atoms with Gasteiger partial charge in [-0.3, -0.25) is 9.20 Å². The molecular formula is C15H13BrN4O2. The molecule has 2 heterocycles. The maximum absolute atomic E-state index is 12.3. The number of aromatic nitrogens is 3. The highest BCUT2D eigenvalue weighted by atomic mass is 79.9. The highest BCUT2D eigenvalue weighted by Crippen LogP contribution is 2.22. The van der Waals surface area contributed by atoms with Crippen molar-refractivity contribution in [3.05, 3.63) is 58.5 Å². The summed E-state index contributed by atoms with van der Waals surface area (Å²) in [5, 5.41) is 11.0. The highest BCUT2D eigenvalue weighted by molar-refractivity contribution is 9.10. The van der Waals surface area contributed by atoms with Crippen molar-refractivity contribution in [2.75, 3.05) is 7.11 Å². The second-order valence-corrected chi connectivity index (χ2v) is 5.43. The summed E-state index contributed by atoms with van der Waals surface area (Å²) in [6.07, 6.45) is 1.86. The molecule has 0 radical (unpaired) electrons. The minimum atomic E-state index is -0.210. The van der Waals surface area contributed by atoms with Crippen LogP contribution in [0.4, 0.5) is 0 Å². The Balaban J connectivity index is 1.78. The number of carbonyl (C=O) groups excluding carboxylic acids is 1. The lowest BCUT2D eigenvalue weighted by atomic mass is 10.2. The molecule has 0 aliphatic heterocycles. The van der Waals surface area contributed by atoms with Crippen LogP contribution in [0.2, 0.25) is 0 Å². The van der Waals surface area contributed by atoms with E-state index in [1.165, 1.54) is 0 Å². The molecule has 2 aromatic heterocycles. The first-order valence-corrected chi connectivity index (χ1v) is 7.38. The number of hydrogen-bond acceptors (Lipinski definition) is 4. The van der Waals surface area contributed by atoms with Gasteiger partial charge in [0.1, 0.15) is 5.75 Å². The third kappa shape index (κ3) is 2.80. The van der Waals surface area contributed by atoms with E-state index in [2.05, 4.69) is 31.4 Å². The second kappa shape index (κ2) is 6.15. The molecule has 1 amide bonds. The number of methoxy groups -OCH3 is 1. The summed E-state index contributed by atoms with van der Waals surface area (Å²) in [6.45, 7) is 0.285. The van der Waals surface area contributed by atoms with Crippen molar-refractivity contribution < 1.29 is 9.53 Å². The monoisotopic (exact) mass is 360 g/mol. The van der Waals surface area contributed by atoms with E-state index >= 15 is 0 Å². The Morgan fingerprint density at radius 1 is 1.32 bits per heavy atom. The molecule has 7 heteroatoms. The standard InChI is InChI=1S/C15H13BrN4O2/c1-22-10-5-6-12(16)11(8-10)15(21)17-9-14-19-18-13-4-2-3-7-20(13)14/h2-8H,9H2,1H3,(H,17,21). The fraction of sp³-hybridized carbons (Fsp3) is 0.133. The number of carbonyl (C=O) groups is 1. The molecule has 0 saturated heterocycles. The van der Waals surface area contributed by atoms with Gasteiger partial charge in [-0.05, 0) is 46.3 Å². The van der Waals surface area contributed by atoms with Crippen molar-refractivity contribution in [2.24, 2.45) is 0 Å². The summed E-state index contributed by atoms with van der Waals surface area (Å²) in [7, 11) is 1.56. The van der Waals surface area contributed by atoms with Crippen molar-refractivity contribution in [3.63, 3.8) is 0 Å².